The molecule has 0 spiro atoms. The lowest BCUT2D eigenvalue weighted by Crippen LogP contribution is -1.82. The van der Waals surface area contributed by atoms with Gasteiger partial charge in [-0.25, -0.2) is 0 Å². The van der Waals surface area contributed by atoms with E-state index in [1.807, 2.05) is 18.2 Å². The quantitative estimate of drug-likeness (QED) is 0.534. The topological polar surface area (TPSA) is 0 Å². The minimum atomic E-state index is 0. The third-order valence-electron chi connectivity index (χ3n) is 1.50. The molecule has 0 amide bonds. The molecule has 0 saturated heterocycles. The first kappa shape index (κ1) is 6.34. The molecule has 0 aliphatic carbocycles. The molecule has 0 N–H and O–H groups in total. The summed E-state index contributed by atoms with van der Waals surface area (Å²) < 4.78 is 0. The average molecular weight is 120 g/mol. The fourth-order valence-electron chi connectivity index (χ4n) is 0.902. The molecule has 0 heterocycles. The monoisotopic (exact) mass is 120 g/mol. The van der Waals surface area contributed by atoms with Crippen LogP contribution < -0.4 is 0 Å². The highest BCUT2D eigenvalue weighted by atomic mass is 13.9. The fourth-order valence-corrected chi connectivity index (χ4v) is 0.902. The van der Waals surface area contributed by atoms with Crippen LogP contribution in [0.3, 0.4) is 0 Å². The molecule has 48 valence electrons. The van der Waals surface area contributed by atoms with E-state index >= 15 is 0 Å². The van der Waals surface area contributed by atoms with Crippen LogP contribution >= 0.6 is 0 Å². The third kappa shape index (κ3) is 1.32. The largest absolute Gasteiger partial charge is 0.0620 e. The molecule has 1 aromatic carbocycles. The first-order valence-corrected chi connectivity index (χ1v) is 3.24. The SMILES string of the molecule is [CH2]c1ccccc1CC.[H]. The van der Waals surface area contributed by atoms with Crippen LogP contribution in [0.5, 0.6) is 0 Å². The maximum Gasteiger partial charge on any atom is 0 e. The Kier molecular flexibility index (Phi) is 1.88. The van der Waals surface area contributed by atoms with Gasteiger partial charge in [0.25, 0.3) is 0 Å². The number of aryl methyl sites for hydroxylation is 1. The summed E-state index contributed by atoms with van der Waals surface area (Å²) in [5.74, 6) is 0. The van der Waals surface area contributed by atoms with Crippen LogP contribution in [0.15, 0.2) is 24.3 Å². The van der Waals surface area contributed by atoms with Gasteiger partial charge in [0.2, 0.25) is 0 Å². The predicted molar refractivity (Wildman–Crippen MR) is 41.4 cm³/mol. The van der Waals surface area contributed by atoms with E-state index in [0.29, 0.717) is 0 Å². The Morgan fingerprint density at radius 1 is 1.44 bits per heavy atom. The smallest absolute Gasteiger partial charge is 0 e. The van der Waals surface area contributed by atoms with E-state index in [1.54, 1.807) is 0 Å². The first-order valence-electron chi connectivity index (χ1n) is 3.24. The van der Waals surface area contributed by atoms with Gasteiger partial charge >= 0.3 is 0 Å². The van der Waals surface area contributed by atoms with E-state index in [4.69, 9.17) is 0 Å². The van der Waals surface area contributed by atoms with Crippen LogP contribution in [0.2, 0.25) is 0 Å². The standard InChI is InChI=1S/C9H11.H/c1-3-9-7-5-4-6-8(9)2;/h4-7H,2-3H2,1H3;. The maximum atomic E-state index is 3.89. The molecular formula is C9H12. The molecule has 0 aliphatic heterocycles. The fraction of sp³-hybridized carbons (Fsp3) is 0.222. The van der Waals surface area contributed by atoms with E-state index in [2.05, 4.69) is 19.9 Å². The molecule has 1 aromatic rings. The summed E-state index contributed by atoms with van der Waals surface area (Å²) in [5.41, 5.74) is 2.50. The van der Waals surface area contributed by atoms with Crippen molar-refractivity contribution in [3.63, 3.8) is 0 Å². The van der Waals surface area contributed by atoms with Gasteiger partial charge in [-0.3, -0.25) is 0 Å². The van der Waals surface area contributed by atoms with Gasteiger partial charge in [0, 0.05) is 1.43 Å². The molecule has 0 aliphatic rings. The molecule has 0 heteroatoms. The van der Waals surface area contributed by atoms with Crippen molar-refractivity contribution in [2.75, 3.05) is 0 Å². The maximum absolute atomic E-state index is 3.89. The molecule has 1 rings (SSSR count). The van der Waals surface area contributed by atoms with Gasteiger partial charge in [-0.15, -0.1) is 0 Å². The zero-order valence-electron chi connectivity index (χ0n) is 6.72. The summed E-state index contributed by atoms with van der Waals surface area (Å²) in [7, 11) is 0. The number of hydrogen-bond acceptors (Lipinski definition) is 0. The van der Waals surface area contributed by atoms with Crippen molar-refractivity contribution in [1.29, 1.82) is 0 Å². The molecule has 9 heavy (non-hydrogen) atoms. The normalized spacial score (nSPS) is 9.56. The minimum absolute atomic E-state index is 0. The summed E-state index contributed by atoms with van der Waals surface area (Å²) in [4.78, 5) is 0. The van der Waals surface area contributed by atoms with Crippen LogP contribution in [0.25, 0.3) is 0 Å². The molecule has 0 aromatic heterocycles. The Bertz CT molecular complexity index is 194. The van der Waals surface area contributed by atoms with Gasteiger partial charge in [-0.05, 0) is 24.5 Å². The average Bonchev–Trinajstić information content (AvgIpc) is 1.89. The van der Waals surface area contributed by atoms with E-state index < -0.39 is 0 Å². The van der Waals surface area contributed by atoms with Crippen molar-refractivity contribution in [1.82, 2.24) is 0 Å². The van der Waals surface area contributed by atoms with Crippen LogP contribution in [0, 0.1) is 6.92 Å². The number of rotatable bonds is 1. The third-order valence-corrected chi connectivity index (χ3v) is 1.50. The van der Waals surface area contributed by atoms with Crippen molar-refractivity contribution < 1.29 is 1.43 Å². The Morgan fingerprint density at radius 3 is 2.56 bits per heavy atom. The van der Waals surface area contributed by atoms with Gasteiger partial charge in [0.05, 0.1) is 0 Å². The van der Waals surface area contributed by atoms with Crippen LogP contribution in [0.1, 0.15) is 19.5 Å². The highest BCUT2D eigenvalue weighted by Crippen LogP contribution is 2.05. The Balaban J connectivity index is 0.000000810. The van der Waals surface area contributed by atoms with Crippen LogP contribution in [-0.4, -0.2) is 0 Å². The molecule has 0 nitrogen and oxygen atoms in total. The first-order chi connectivity index (χ1) is 4.34. The van der Waals surface area contributed by atoms with Gasteiger partial charge in [0.1, 0.15) is 0 Å². The number of hydrogen-bond donors (Lipinski definition) is 0. The lowest BCUT2D eigenvalue weighted by Gasteiger charge is -1.98. The Labute approximate surface area is 58.0 Å². The zero-order chi connectivity index (χ0) is 6.69. The molecule has 0 bridgehead atoms. The lowest BCUT2D eigenvalue weighted by molar-refractivity contribution is 1.13. The van der Waals surface area contributed by atoms with Gasteiger partial charge < -0.3 is 0 Å². The van der Waals surface area contributed by atoms with E-state index in [0.717, 1.165) is 12.0 Å². The van der Waals surface area contributed by atoms with E-state index in [1.165, 1.54) is 5.56 Å². The summed E-state index contributed by atoms with van der Waals surface area (Å²) in [6.07, 6.45) is 1.08. The second-order valence-corrected chi connectivity index (χ2v) is 2.12. The van der Waals surface area contributed by atoms with Crippen molar-refractivity contribution >= 4 is 0 Å². The summed E-state index contributed by atoms with van der Waals surface area (Å²) in [5, 5.41) is 0. The van der Waals surface area contributed by atoms with Gasteiger partial charge in [0.15, 0.2) is 0 Å². The molecule has 0 fully saturated rings. The molecule has 0 atom stereocenters. The number of benzene rings is 1. The van der Waals surface area contributed by atoms with Crippen molar-refractivity contribution in [2.45, 2.75) is 13.3 Å². The molecule has 2 radical (unpaired) electrons. The van der Waals surface area contributed by atoms with E-state index in [-0.39, 0.29) is 1.43 Å². The second kappa shape index (κ2) is 2.67. The lowest BCUT2D eigenvalue weighted by atomic mass is 10.1. The molecule has 0 unspecified atom stereocenters. The van der Waals surface area contributed by atoms with Crippen molar-refractivity contribution in [3.8, 4) is 0 Å². The summed E-state index contributed by atoms with van der Waals surface area (Å²) in [6, 6.07) is 8.22. The zero-order valence-corrected chi connectivity index (χ0v) is 5.72. The Morgan fingerprint density at radius 2 is 2.11 bits per heavy atom. The summed E-state index contributed by atoms with van der Waals surface area (Å²) >= 11 is 0. The highest BCUT2D eigenvalue weighted by molar-refractivity contribution is 5.28. The van der Waals surface area contributed by atoms with Crippen LogP contribution in [-0.2, 0) is 6.42 Å². The van der Waals surface area contributed by atoms with Crippen molar-refractivity contribution in [3.05, 3.63) is 42.3 Å². The minimum Gasteiger partial charge on any atom is -0.0620 e. The molecule has 0 saturated carbocycles. The predicted octanol–water partition coefficient (Wildman–Crippen LogP) is 2.54. The van der Waals surface area contributed by atoms with Crippen molar-refractivity contribution in [2.24, 2.45) is 0 Å². The highest BCUT2D eigenvalue weighted by Gasteiger charge is 1.89. The Hall–Kier alpha value is -0.780. The van der Waals surface area contributed by atoms with Gasteiger partial charge in [-0.2, -0.15) is 0 Å². The van der Waals surface area contributed by atoms with E-state index in [9.17, 15) is 0 Å². The summed E-state index contributed by atoms with van der Waals surface area (Å²) in [6.45, 7) is 6.03. The van der Waals surface area contributed by atoms with Gasteiger partial charge in [-0.1, -0.05) is 31.2 Å². The second-order valence-electron chi connectivity index (χ2n) is 2.12. The van der Waals surface area contributed by atoms with Crippen LogP contribution in [0.4, 0.5) is 0 Å². The molecular weight excluding hydrogens is 108 g/mol.